The maximum absolute atomic E-state index is 12.0. The number of carbonyl (C=O) groups is 1. The molecular weight excluding hydrogens is 631 g/mol. The van der Waals surface area contributed by atoms with Crippen LogP contribution in [0.3, 0.4) is 0 Å². The number of nitrogens with one attached hydrogen (secondary N) is 1. The van der Waals surface area contributed by atoms with E-state index in [9.17, 15) is 9.90 Å². The molecular formula is C36H37Cl3N2O4. The van der Waals surface area contributed by atoms with Crippen molar-refractivity contribution in [1.82, 2.24) is 10.2 Å². The molecule has 0 bridgehead atoms. The molecule has 1 saturated heterocycles. The number of aliphatic hydroxyl groups is 1. The Labute approximate surface area is 279 Å². The summed E-state index contributed by atoms with van der Waals surface area (Å²) in [4.78, 5) is 14.4. The highest BCUT2D eigenvalue weighted by atomic mass is 35.6. The molecule has 236 valence electrons. The minimum absolute atomic E-state index is 0.0158. The number of carbonyl (C=O) groups excluding carboxylic acids is 1. The number of ether oxygens (including phenoxy) is 2. The maximum Gasteiger partial charge on any atom is 0.272 e. The Morgan fingerprint density at radius 3 is 1.82 bits per heavy atom. The van der Waals surface area contributed by atoms with Crippen molar-refractivity contribution in [2.75, 3.05) is 6.54 Å². The topological polar surface area (TPSA) is 71.0 Å². The van der Waals surface area contributed by atoms with E-state index < -0.39 is 16.0 Å². The summed E-state index contributed by atoms with van der Waals surface area (Å²) in [5.74, 6) is -0.648. The number of alkyl halides is 3. The summed E-state index contributed by atoms with van der Waals surface area (Å²) in [5.41, 5.74) is 6.05. The highest BCUT2D eigenvalue weighted by molar-refractivity contribution is 6.76. The van der Waals surface area contributed by atoms with Crippen molar-refractivity contribution >= 4 is 40.7 Å². The van der Waals surface area contributed by atoms with E-state index in [1.165, 1.54) is 11.1 Å². The molecule has 4 aromatic rings. The molecule has 45 heavy (non-hydrogen) atoms. The van der Waals surface area contributed by atoms with Gasteiger partial charge in [-0.2, -0.15) is 0 Å². The first kappa shape index (κ1) is 33.4. The van der Waals surface area contributed by atoms with Crippen LogP contribution in [-0.2, 0) is 40.5 Å². The second-order valence-electron chi connectivity index (χ2n) is 11.4. The predicted octanol–water partition coefficient (Wildman–Crippen LogP) is 7.66. The van der Waals surface area contributed by atoms with Crippen LogP contribution in [0, 0.1) is 5.92 Å². The van der Waals surface area contributed by atoms with E-state index in [1.54, 1.807) is 0 Å². The van der Waals surface area contributed by atoms with Gasteiger partial charge in [-0.25, -0.2) is 0 Å². The largest absolute Gasteiger partial charge is 0.392 e. The fourth-order valence-corrected chi connectivity index (χ4v) is 5.73. The number of aliphatic hydroxyl groups excluding tert-OH is 1. The molecule has 2 N–H and O–H groups in total. The zero-order valence-corrected chi connectivity index (χ0v) is 27.3. The first-order valence-corrected chi connectivity index (χ1v) is 16.1. The lowest BCUT2D eigenvalue weighted by Gasteiger charge is -2.43. The third-order valence-corrected chi connectivity index (χ3v) is 8.54. The monoisotopic (exact) mass is 666 g/mol. The van der Waals surface area contributed by atoms with Crippen molar-refractivity contribution in [2.45, 2.75) is 55.5 Å². The summed E-state index contributed by atoms with van der Waals surface area (Å²) < 4.78 is 11.4. The third kappa shape index (κ3) is 9.30. The Bertz CT molecular complexity index is 1460. The quantitative estimate of drug-likeness (QED) is 0.161. The number of hydrogen-bond donors (Lipinski definition) is 2. The molecule has 0 saturated carbocycles. The summed E-state index contributed by atoms with van der Waals surface area (Å²) >= 11 is 17.0. The molecule has 4 aromatic carbocycles. The second-order valence-corrected chi connectivity index (χ2v) is 13.7. The fourth-order valence-electron chi connectivity index (χ4n) is 5.53. The van der Waals surface area contributed by atoms with Gasteiger partial charge in [-0.15, -0.1) is 0 Å². The highest BCUT2D eigenvalue weighted by Gasteiger charge is 2.39. The van der Waals surface area contributed by atoms with Crippen molar-refractivity contribution in [1.29, 1.82) is 0 Å². The molecule has 0 radical (unpaired) electrons. The van der Waals surface area contributed by atoms with Gasteiger partial charge in [-0.05, 0) is 27.8 Å². The minimum Gasteiger partial charge on any atom is -0.392 e. The molecule has 0 aromatic heterocycles. The van der Waals surface area contributed by atoms with Crippen LogP contribution < -0.4 is 5.32 Å². The molecule has 4 unspecified atom stereocenters. The Hall–Kier alpha value is -2.94. The van der Waals surface area contributed by atoms with Gasteiger partial charge in [-0.3, -0.25) is 9.69 Å². The predicted molar refractivity (Wildman–Crippen MR) is 179 cm³/mol. The summed E-state index contributed by atoms with van der Waals surface area (Å²) in [6.07, 6.45) is -1.00. The van der Waals surface area contributed by atoms with Crippen molar-refractivity contribution in [3.05, 3.63) is 143 Å². The van der Waals surface area contributed by atoms with Crippen molar-refractivity contribution in [2.24, 2.45) is 5.92 Å². The lowest BCUT2D eigenvalue weighted by molar-refractivity contribution is -0.276. The normalized spacial score (nSPS) is 20.2. The summed E-state index contributed by atoms with van der Waals surface area (Å²) in [6.45, 7) is 4.61. The van der Waals surface area contributed by atoms with Crippen molar-refractivity contribution in [3.63, 3.8) is 0 Å². The van der Waals surface area contributed by atoms with Gasteiger partial charge >= 0.3 is 0 Å². The van der Waals surface area contributed by atoms with Gasteiger partial charge < -0.3 is 19.9 Å². The number of halogens is 3. The van der Waals surface area contributed by atoms with E-state index in [-0.39, 0.29) is 31.3 Å². The Morgan fingerprint density at radius 2 is 1.29 bits per heavy atom. The fraction of sp³-hybridized carbons (Fsp3) is 0.306. The van der Waals surface area contributed by atoms with Gasteiger partial charge in [0, 0.05) is 37.7 Å². The van der Waals surface area contributed by atoms with Crippen LogP contribution in [0.25, 0.3) is 0 Å². The van der Waals surface area contributed by atoms with Gasteiger partial charge in [0.2, 0.25) is 0 Å². The van der Waals surface area contributed by atoms with Crippen LogP contribution in [0.5, 0.6) is 0 Å². The number of benzene rings is 4. The summed E-state index contributed by atoms with van der Waals surface area (Å²) in [6, 6.07) is 36.5. The van der Waals surface area contributed by atoms with Crippen LogP contribution >= 0.6 is 34.8 Å². The van der Waals surface area contributed by atoms with E-state index >= 15 is 0 Å². The van der Waals surface area contributed by atoms with Gasteiger partial charge in [-0.1, -0.05) is 151 Å². The van der Waals surface area contributed by atoms with E-state index in [4.69, 9.17) is 44.3 Å². The Kier molecular flexibility index (Phi) is 11.6. The number of rotatable bonds is 11. The van der Waals surface area contributed by atoms with E-state index in [1.807, 2.05) is 60.7 Å². The van der Waals surface area contributed by atoms with Gasteiger partial charge in [0.05, 0.1) is 18.8 Å². The second kappa shape index (κ2) is 15.6. The Morgan fingerprint density at radius 1 is 0.756 bits per heavy atom. The van der Waals surface area contributed by atoms with Crippen LogP contribution in [0.1, 0.15) is 52.7 Å². The molecule has 0 spiro atoms. The van der Waals surface area contributed by atoms with Crippen LogP contribution in [0.4, 0.5) is 0 Å². The Balaban J connectivity index is 1.39. The number of hydrogen-bond acceptors (Lipinski definition) is 5. The van der Waals surface area contributed by atoms with Gasteiger partial charge in [0.25, 0.3) is 9.70 Å². The van der Waals surface area contributed by atoms with Crippen LogP contribution in [0.15, 0.2) is 109 Å². The van der Waals surface area contributed by atoms with Crippen molar-refractivity contribution < 1.29 is 19.4 Å². The molecule has 9 heteroatoms. The molecule has 1 aliphatic rings. The smallest absolute Gasteiger partial charge is 0.272 e. The lowest BCUT2D eigenvalue weighted by atomic mass is 9.89. The van der Waals surface area contributed by atoms with E-state index in [0.717, 1.165) is 35.3 Å². The SMILES string of the molecule is CC1C(CN(Cc2ccccc2)Cc2ccccc2)OC(c2ccc(CNC(=O)C(Cl)(Cl)Cl)cc2)OC1c1ccc(CO)cc1. The standard InChI is InChI=1S/C36H37Cl3N2O4/c1-25-32(23-41(21-27-8-4-2-5-9-27)22-28-10-6-3-7-11-28)44-34(45-33(25)30-16-14-29(24-42)15-17-30)31-18-12-26(13-19-31)20-40-35(43)36(37,38)39/h2-19,25,32-34,42H,20-24H2,1H3,(H,40,43). The lowest BCUT2D eigenvalue weighted by Crippen LogP contribution is -2.44. The third-order valence-electron chi connectivity index (χ3n) is 8.02. The zero-order valence-electron chi connectivity index (χ0n) is 25.0. The first-order chi connectivity index (χ1) is 21.7. The molecule has 1 amide bonds. The summed E-state index contributed by atoms with van der Waals surface area (Å²) in [7, 11) is 0. The average molecular weight is 668 g/mol. The van der Waals surface area contributed by atoms with Crippen LogP contribution in [-0.4, -0.2) is 32.4 Å². The molecule has 1 heterocycles. The minimum atomic E-state index is -2.02. The van der Waals surface area contributed by atoms with Gasteiger partial charge in [0.1, 0.15) is 0 Å². The summed E-state index contributed by atoms with van der Waals surface area (Å²) in [5, 5.41) is 12.2. The number of nitrogens with zero attached hydrogens (tertiary/aromatic N) is 1. The maximum atomic E-state index is 12.0. The first-order valence-electron chi connectivity index (χ1n) is 14.9. The van der Waals surface area contributed by atoms with Crippen LogP contribution in [0.2, 0.25) is 0 Å². The number of amides is 1. The molecule has 4 atom stereocenters. The highest BCUT2D eigenvalue weighted by Crippen LogP contribution is 2.42. The molecule has 1 aliphatic heterocycles. The van der Waals surface area contributed by atoms with E-state index in [0.29, 0.717) is 6.54 Å². The molecule has 6 nitrogen and oxygen atoms in total. The molecule has 5 rings (SSSR count). The van der Waals surface area contributed by atoms with E-state index in [2.05, 4.69) is 65.7 Å². The van der Waals surface area contributed by atoms with Gasteiger partial charge in [0.15, 0.2) is 6.29 Å². The average Bonchev–Trinajstić information content (AvgIpc) is 3.05. The van der Waals surface area contributed by atoms with Crippen molar-refractivity contribution in [3.8, 4) is 0 Å². The molecule has 1 fully saturated rings. The zero-order chi connectivity index (χ0) is 31.8. The molecule has 0 aliphatic carbocycles.